The topological polar surface area (TPSA) is 12.5 Å². The van der Waals surface area contributed by atoms with Crippen molar-refractivity contribution in [1.29, 1.82) is 0 Å². The number of hydrogen-bond donors (Lipinski definition) is 0. The van der Waals surface area contributed by atoms with E-state index >= 15 is 0 Å². The molecule has 0 aromatic heterocycles. The van der Waals surface area contributed by atoms with Crippen LogP contribution in [0.2, 0.25) is 0 Å². The molecule has 2 aliphatic heterocycles. The van der Waals surface area contributed by atoms with Gasteiger partial charge in [-0.3, -0.25) is 4.90 Å². The van der Waals surface area contributed by atoms with Gasteiger partial charge in [0.2, 0.25) is 0 Å². The van der Waals surface area contributed by atoms with Crippen molar-refractivity contribution < 1.29 is 4.74 Å². The lowest BCUT2D eigenvalue weighted by atomic mass is 9.95. The average Bonchev–Trinajstić information content (AvgIpc) is 2.38. The predicted molar refractivity (Wildman–Crippen MR) is 49.1 cm³/mol. The molecule has 0 aromatic rings. The molecule has 0 N–H and O–H groups in total. The summed E-state index contributed by atoms with van der Waals surface area (Å²) in [4.78, 5) is 2.50. The summed E-state index contributed by atoms with van der Waals surface area (Å²) < 4.78 is 5.38. The smallest absolute Gasteiger partial charge is 0.0716 e. The Bertz CT molecular complexity index is 214. The van der Waals surface area contributed by atoms with E-state index in [9.17, 15) is 0 Å². The maximum Gasteiger partial charge on any atom is 0.0716 e. The molecule has 2 heteroatoms. The Morgan fingerprint density at radius 3 is 3.00 bits per heavy atom. The van der Waals surface area contributed by atoms with Gasteiger partial charge in [0.25, 0.3) is 0 Å². The highest BCUT2D eigenvalue weighted by Crippen LogP contribution is 2.40. The highest BCUT2D eigenvalue weighted by Gasteiger charge is 2.46. The van der Waals surface area contributed by atoms with Gasteiger partial charge in [-0.1, -0.05) is 12.2 Å². The average molecular weight is 167 g/mol. The third-order valence-electron chi connectivity index (χ3n) is 3.23. The maximum atomic E-state index is 5.38. The summed E-state index contributed by atoms with van der Waals surface area (Å²) in [6, 6.07) is 0. The van der Waals surface area contributed by atoms with Gasteiger partial charge < -0.3 is 4.74 Å². The van der Waals surface area contributed by atoms with Crippen LogP contribution >= 0.6 is 0 Å². The molecule has 0 radical (unpaired) electrons. The molecular formula is C10H17NO. The number of methoxy groups -OCH3 is 1. The van der Waals surface area contributed by atoms with Gasteiger partial charge in [-0.05, 0) is 19.8 Å². The van der Waals surface area contributed by atoms with Gasteiger partial charge >= 0.3 is 0 Å². The molecule has 0 unspecified atom stereocenters. The predicted octanol–water partition coefficient (Wildman–Crippen LogP) is 1.43. The van der Waals surface area contributed by atoms with Gasteiger partial charge in [0.15, 0.2) is 0 Å². The van der Waals surface area contributed by atoms with Crippen molar-refractivity contribution >= 4 is 0 Å². The van der Waals surface area contributed by atoms with E-state index in [1.807, 2.05) is 7.11 Å². The fourth-order valence-corrected chi connectivity index (χ4v) is 2.61. The third-order valence-corrected chi connectivity index (χ3v) is 3.23. The number of hydrogen-bond acceptors (Lipinski definition) is 2. The van der Waals surface area contributed by atoms with Crippen LogP contribution in [0.4, 0.5) is 0 Å². The molecule has 2 heterocycles. The first-order chi connectivity index (χ1) is 5.64. The van der Waals surface area contributed by atoms with Gasteiger partial charge in [0.1, 0.15) is 0 Å². The summed E-state index contributed by atoms with van der Waals surface area (Å²) in [5.74, 6) is 0. The van der Waals surface area contributed by atoms with E-state index in [1.165, 1.54) is 12.0 Å². The molecule has 2 atom stereocenters. The Labute approximate surface area is 74.2 Å². The molecular weight excluding hydrogens is 150 g/mol. The molecule has 0 aliphatic carbocycles. The zero-order chi connectivity index (χ0) is 8.77. The molecule has 0 aromatic carbocycles. The van der Waals surface area contributed by atoms with Crippen molar-refractivity contribution in [3.05, 3.63) is 12.2 Å². The minimum Gasteiger partial charge on any atom is -0.380 e. The molecule has 2 fully saturated rings. The molecule has 0 amide bonds. The molecule has 0 bridgehead atoms. The van der Waals surface area contributed by atoms with E-state index in [2.05, 4.69) is 18.4 Å². The molecule has 2 rings (SSSR count). The van der Waals surface area contributed by atoms with Crippen LogP contribution in [-0.2, 0) is 4.74 Å². The van der Waals surface area contributed by atoms with Gasteiger partial charge in [0, 0.05) is 25.7 Å². The van der Waals surface area contributed by atoms with E-state index in [4.69, 9.17) is 4.74 Å². The van der Waals surface area contributed by atoms with Crippen molar-refractivity contribution in [1.82, 2.24) is 4.90 Å². The largest absolute Gasteiger partial charge is 0.380 e. The van der Waals surface area contributed by atoms with Crippen LogP contribution in [0, 0.1) is 0 Å². The zero-order valence-electron chi connectivity index (χ0n) is 7.97. The summed E-state index contributed by atoms with van der Waals surface area (Å²) in [5.41, 5.74) is 1.74. The summed E-state index contributed by atoms with van der Waals surface area (Å²) in [6.07, 6.45) is 2.78. The first kappa shape index (κ1) is 8.27. The van der Waals surface area contributed by atoms with Crippen LogP contribution < -0.4 is 0 Å². The molecule has 2 nitrogen and oxygen atoms in total. The van der Waals surface area contributed by atoms with Crippen LogP contribution in [0.15, 0.2) is 12.2 Å². The van der Waals surface area contributed by atoms with Gasteiger partial charge in [-0.2, -0.15) is 0 Å². The van der Waals surface area contributed by atoms with Crippen molar-refractivity contribution in [2.75, 3.05) is 20.2 Å². The summed E-state index contributed by atoms with van der Waals surface area (Å²) in [6.45, 7) is 8.54. The Kier molecular flexibility index (Phi) is 1.77. The lowest BCUT2D eigenvalue weighted by Gasteiger charge is -2.25. The zero-order valence-corrected chi connectivity index (χ0v) is 7.97. The number of nitrogens with zero attached hydrogens (tertiary/aromatic N) is 1. The van der Waals surface area contributed by atoms with Crippen LogP contribution in [-0.4, -0.2) is 36.7 Å². The first-order valence-electron chi connectivity index (χ1n) is 4.58. The Morgan fingerprint density at radius 2 is 2.42 bits per heavy atom. The normalized spacial score (nSPS) is 42.2. The number of fused-ring (bicyclic) bond motifs is 1. The van der Waals surface area contributed by atoms with Crippen LogP contribution in [0.1, 0.15) is 19.8 Å². The highest BCUT2D eigenvalue weighted by atomic mass is 16.5. The standard InChI is InChI=1S/C10H17NO/c1-8-4-10(2)5-9(12-3)7-11(10)6-8/h9H,1,4-7H2,2-3H3/t9-,10-/m1/s1. The van der Waals surface area contributed by atoms with Crippen molar-refractivity contribution in [3.63, 3.8) is 0 Å². The van der Waals surface area contributed by atoms with Crippen molar-refractivity contribution in [2.24, 2.45) is 0 Å². The van der Waals surface area contributed by atoms with Crippen molar-refractivity contribution in [3.8, 4) is 0 Å². The van der Waals surface area contributed by atoms with Crippen LogP contribution in [0.25, 0.3) is 0 Å². The summed E-state index contributed by atoms with van der Waals surface area (Å²) in [7, 11) is 1.81. The molecule has 2 aliphatic rings. The monoisotopic (exact) mass is 167 g/mol. The Morgan fingerprint density at radius 1 is 1.67 bits per heavy atom. The fraction of sp³-hybridized carbons (Fsp3) is 0.800. The van der Waals surface area contributed by atoms with Gasteiger partial charge in [-0.15, -0.1) is 0 Å². The molecule has 0 saturated carbocycles. The number of rotatable bonds is 1. The molecule has 2 saturated heterocycles. The van der Waals surface area contributed by atoms with Crippen LogP contribution in [0.3, 0.4) is 0 Å². The van der Waals surface area contributed by atoms with E-state index < -0.39 is 0 Å². The SMILES string of the molecule is C=C1CN2C[C@H](OC)C[C@@]2(C)C1. The highest BCUT2D eigenvalue weighted by molar-refractivity contribution is 5.17. The minimum absolute atomic E-state index is 0.359. The van der Waals surface area contributed by atoms with Gasteiger partial charge in [0.05, 0.1) is 6.10 Å². The Hall–Kier alpha value is -0.340. The second-order valence-corrected chi connectivity index (χ2v) is 4.37. The van der Waals surface area contributed by atoms with Crippen molar-refractivity contribution in [2.45, 2.75) is 31.4 Å². The van der Waals surface area contributed by atoms with E-state index in [0.717, 1.165) is 19.5 Å². The van der Waals surface area contributed by atoms with E-state index in [0.29, 0.717) is 11.6 Å². The molecule has 0 spiro atoms. The number of ether oxygens (including phenoxy) is 1. The lowest BCUT2D eigenvalue weighted by Crippen LogP contribution is -2.34. The van der Waals surface area contributed by atoms with Gasteiger partial charge in [-0.25, -0.2) is 0 Å². The molecule has 12 heavy (non-hydrogen) atoms. The quantitative estimate of drug-likeness (QED) is 0.548. The second-order valence-electron chi connectivity index (χ2n) is 4.37. The van der Waals surface area contributed by atoms with Crippen LogP contribution in [0.5, 0.6) is 0 Å². The van der Waals surface area contributed by atoms with E-state index in [1.54, 1.807) is 0 Å². The summed E-state index contributed by atoms with van der Waals surface area (Å²) in [5, 5.41) is 0. The lowest BCUT2D eigenvalue weighted by molar-refractivity contribution is 0.109. The maximum absolute atomic E-state index is 5.38. The third kappa shape index (κ3) is 1.10. The molecule has 68 valence electrons. The minimum atomic E-state index is 0.359. The summed E-state index contributed by atoms with van der Waals surface area (Å²) >= 11 is 0. The fourth-order valence-electron chi connectivity index (χ4n) is 2.61. The Balaban J connectivity index is 2.11. The first-order valence-corrected chi connectivity index (χ1v) is 4.58. The van der Waals surface area contributed by atoms with E-state index in [-0.39, 0.29) is 0 Å². The second kappa shape index (κ2) is 2.57.